The monoisotopic (exact) mass is 370 g/mol. The summed E-state index contributed by atoms with van der Waals surface area (Å²) < 4.78 is 9.39. The molecule has 0 aromatic carbocycles. The van der Waals surface area contributed by atoms with Gasteiger partial charge in [0.2, 0.25) is 0 Å². The number of rotatable bonds is 3. The molecule has 0 unspecified atom stereocenters. The van der Waals surface area contributed by atoms with Gasteiger partial charge in [0.1, 0.15) is 11.5 Å². The molecule has 0 saturated heterocycles. The van der Waals surface area contributed by atoms with Gasteiger partial charge in [-0.15, -0.1) is 24.8 Å². The van der Waals surface area contributed by atoms with Crippen LogP contribution in [0.1, 0.15) is 22.7 Å². The van der Waals surface area contributed by atoms with Gasteiger partial charge in [0.05, 0.1) is 24.5 Å². The molecular weight excluding hydrogens is 351 g/mol. The maximum Gasteiger partial charge on any atom is 0.160 e. The molecule has 0 fully saturated rings. The lowest BCUT2D eigenvalue weighted by Crippen LogP contribution is -2.28. The molecule has 4 rings (SSSR count). The van der Waals surface area contributed by atoms with Crippen molar-refractivity contribution in [2.45, 2.75) is 33.5 Å². The van der Waals surface area contributed by atoms with Crippen LogP contribution in [-0.2, 0) is 19.6 Å². The molecule has 0 aliphatic carbocycles. The smallest absolute Gasteiger partial charge is 0.160 e. The Bertz CT molecular complexity index is 779. The molecule has 3 aromatic rings. The number of nitrogens with one attached hydrogen (secondary N) is 1. The number of nitrogens with zero attached hydrogens (tertiary/aromatic N) is 5. The van der Waals surface area contributed by atoms with Crippen molar-refractivity contribution in [1.29, 1.82) is 0 Å². The Morgan fingerprint density at radius 3 is 2.83 bits per heavy atom. The van der Waals surface area contributed by atoms with E-state index >= 15 is 0 Å². The summed E-state index contributed by atoms with van der Waals surface area (Å²) in [6.45, 7) is 7.31. The van der Waals surface area contributed by atoms with Gasteiger partial charge < -0.3 is 14.4 Å². The SMILES string of the molecule is Cc1noc(C)c1Cn1ccnc1-c1cc2n(n1)CCNC2.Cl.Cl. The molecule has 0 bridgehead atoms. The zero-order valence-corrected chi connectivity index (χ0v) is 15.2. The Morgan fingerprint density at radius 2 is 2.12 bits per heavy atom. The first-order valence-corrected chi connectivity index (χ1v) is 7.43. The molecule has 9 heteroatoms. The lowest BCUT2D eigenvalue weighted by molar-refractivity contribution is 0.392. The van der Waals surface area contributed by atoms with E-state index in [0.29, 0.717) is 6.54 Å². The van der Waals surface area contributed by atoms with Gasteiger partial charge in [-0.1, -0.05) is 5.16 Å². The van der Waals surface area contributed by atoms with Gasteiger partial charge in [-0.25, -0.2) is 4.98 Å². The fourth-order valence-corrected chi connectivity index (χ4v) is 2.87. The second-order valence-corrected chi connectivity index (χ2v) is 5.60. The van der Waals surface area contributed by atoms with E-state index in [1.54, 1.807) is 0 Å². The zero-order valence-electron chi connectivity index (χ0n) is 13.5. The Labute approximate surface area is 152 Å². The molecule has 130 valence electrons. The van der Waals surface area contributed by atoms with Gasteiger partial charge in [-0.2, -0.15) is 5.10 Å². The molecule has 0 amide bonds. The highest BCUT2D eigenvalue weighted by Gasteiger charge is 2.17. The largest absolute Gasteiger partial charge is 0.361 e. The number of hydrogen-bond acceptors (Lipinski definition) is 5. The molecule has 1 aliphatic heterocycles. The third kappa shape index (κ3) is 3.19. The van der Waals surface area contributed by atoms with Crippen molar-refractivity contribution in [3.63, 3.8) is 0 Å². The van der Waals surface area contributed by atoms with E-state index in [9.17, 15) is 0 Å². The first-order valence-electron chi connectivity index (χ1n) is 7.43. The van der Waals surface area contributed by atoms with E-state index in [1.807, 2.05) is 26.2 Å². The highest BCUT2D eigenvalue weighted by Crippen LogP contribution is 2.21. The van der Waals surface area contributed by atoms with Crippen LogP contribution in [0.2, 0.25) is 0 Å². The normalized spacial score (nSPS) is 13.1. The number of imidazole rings is 1. The average Bonchev–Trinajstić information content (AvgIpc) is 3.21. The van der Waals surface area contributed by atoms with Crippen LogP contribution in [0.4, 0.5) is 0 Å². The Hall–Kier alpha value is -1.83. The fraction of sp³-hybridized carbons (Fsp3) is 0.400. The van der Waals surface area contributed by atoms with Crippen LogP contribution in [0.5, 0.6) is 0 Å². The van der Waals surface area contributed by atoms with Crippen molar-refractivity contribution >= 4 is 24.8 Å². The predicted molar refractivity (Wildman–Crippen MR) is 94.7 cm³/mol. The van der Waals surface area contributed by atoms with Crippen molar-refractivity contribution in [1.82, 2.24) is 29.8 Å². The molecule has 0 atom stereocenters. The molecular formula is C15H20Cl2N6O. The third-order valence-corrected chi connectivity index (χ3v) is 4.12. The minimum Gasteiger partial charge on any atom is -0.361 e. The number of hydrogen-bond donors (Lipinski definition) is 1. The molecule has 0 saturated carbocycles. The Balaban J connectivity index is 0.00000104. The summed E-state index contributed by atoms with van der Waals surface area (Å²) in [5.74, 6) is 1.73. The van der Waals surface area contributed by atoms with E-state index in [4.69, 9.17) is 4.52 Å². The topological polar surface area (TPSA) is 73.7 Å². The van der Waals surface area contributed by atoms with Crippen LogP contribution >= 0.6 is 24.8 Å². The Kier molecular flexibility index (Phi) is 5.69. The van der Waals surface area contributed by atoms with Gasteiger partial charge in [0.25, 0.3) is 0 Å². The predicted octanol–water partition coefficient (Wildman–Crippen LogP) is 2.35. The first kappa shape index (κ1) is 18.5. The van der Waals surface area contributed by atoms with Gasteiger partial charge in [-0.05, 0) is 19.9 Å². The summed E-state index contributed by atoms with van der Waals surface area (Å²) >= 11 is 0. The molecule has 4 heterocycles. The Morgan fingerprint density at radius 1 is 1.29 bits per heavy atom. The summed E-state index contributed by atoms with van der Waals surface area (Å²) in [5.41, 5.74) is 4.14. The number of aryl methyl sites for hydroxylation is 2. The van der Waals surface area contributed by atoms with Gasteiger partial charge >= 0.3 is 0 Å². The van der Waals surface area contributed by atoms with Crippen LogP contribution in [-0.4, -0.2) is 31.0 Å². The van der Waals surface area contributed by atoms with Crippen LogP contribution in [0.25, 0.3) is 11.5 Å². The average molecular weight is 371 g/mol. The standard InChI is InChI=1S/C15H18N6O.2ClH/c1-10-13(11(2)22-19-10)9-20-5-4-17-15(20)14-7-12-8-16-3-6-21(12)18-14;;/h4-5,7,16H,3,6,8-9H2,1-2H3;2*1H. The van der Waals surface area contributed by atoms with E-state index in [-0.39, 0.29) is 24.8 Å². The van der Waals surface area contributed by atoms with E-state index in [0.717, 1.165) is 48.2 Å². The van der Waals surface area contributed by atoms with Crippen LogP contribution < -0.4 is 5.32 Å². The quantitative estimate of drug-likeness (QED) is 0.765. The maximum absolute atomic E-state index is 5.24. The van der Waals surface area contributed by atoms with Crippen LogP contribution in [0.3, 0.4) is 0 Å². The summed E-state index contributed by atoms with van der Waals surface area (Å²) in [7, 11) is 0. The maximum atomic E-state index is 5.24. The molecule has 3 aromatic heterocycles. The minimum absolute atomic E-state index is 0. The van der Waals surface area contributed by atoms with Crippen molar-refractivity contribution in [3.05, 3.63) is 41.2 Å². The second kappa shape index (κ2) is 7.38. The van der Waals surface area contributed by atoms with E-state index in [2.05, 4.69) is 35.9 Å². The molecule has 0 radical (unpaired) electrons. The van der Waals surface area contributed by atoms with E-state index in [1.165, 1.54) is 5.69 Å². The van der Waals surface area contributed by atoms with Gasteiger partial charge in [0, 0.05) is 31.0 Å². The minimum atomic E-state index is 0. The van der Waals surface area contributed by atoms with E-state index < -0.39 is 0 Å². The van der Waals surface area contributed by atoms with Crippen molar-refractivity contribution in [3.8, 4) is 11.5 Å². The summed E-state index contributed by atoms with van der Waals surface area (Å²) in [4.78, 5) is 4.49. The second-order valence-electron chi connectivity index (χ2n) is 5.60. The van der Waals surface area contributed by atoms with Crippen molar-refractivity contribution < 1.29 is 4.52 Å². The summed E-state index contributed by atoms with van der Waals surface area (Å²) in [6, 6.07) is 2.11. The molecule has 0 spiro atoms. The number of halogens is 2. The first-order chi connectivity index (χ1) is 10.7. The van der Waals surface area contributed by atoms with Crippen LogP contribution in [0.15, 0.2) is 23.0 Å². The lowest BCUT2D eigenvalue weighted by Gasteiger charge is -2.13. The number of aromatic nitrogens is 5. The summed E-state index contributed by atoms with van der Waals surface area (Å²) in [6.07, 6.45) is 3.78. The third-order valence-electron chi connectivity index (χ3n) is 4.12. The zero-order chi connectivity index (χ0) is 15.1. The molecule has 7 nitrogen and oxygen atoms in total. The highest BCUT2D eigenvalue weighted by molar-refractivity contribution is 5.85. The van der Waals surface area contributed by atoms with Crippen molar-refractivity contribution in [2.24, 2.45) is 0 Å². The molecule has 1 N–H and O–H groups in total. The van der Waals surface area contributed by atoms with Gasteiger partial charge in [-0.3, -0.25) is 4.68 Å². The fourth-order valence-electron chi connectivity index (χ4n) is 2.87. The lowest BCUT2D eigenvalue weighted by atomic mass is 10.2. The molecule has 24 heavy (non-hydrogen) atoms. The van der Waals surface area contributed by atoms with Crippen molar-refractivity contribution in [2.75, 3.05) is 6.54 Å². The molecule has 1 aliphatic rings. The summed E-state index contributed by atoms with van der Waals surface area (Å²) in [5, 5.41) is 12.1. The van der Waals surface area contributed by atoms with Crippen LogP contribution in [0, 0.1) is 13.8 Å². The van der Waals surface area contributed by atoms with Gasteiger partial charge in [0.15, 0.2) is 5.82 Å². The highest BCUT2D eigenvalue weighted by atomic mass is 35.5. The number of fused-ring (bicyclic) bond motifs is 1.